The highest BCUT2D eigenvalue weighted by Crippen LogP contribution is 2.38. The van der Waals surface area contributed by atoms with Crippen molar-refractivity contribution >= 4 is 17.2 Å². The fourth-order valence-electron chi connectivity index (χ4n) is 3.34. The molecule has 0 bridgehead atoms. The number of nitrogens with zero attached hydrogens (tertiary/aromatic N) is 2. The number of aromatic nitrogens is 2. The summed E-state index contributed by atoms with van der Waals surface area (Å²) in [5.74, 6) is 0.290. The van der Waals surface area contributed by atoms with Crippen LogP contribution in [-0.4, -0.2) is 23.0 Å². The molecule has 5 nitrogen and oxygen atoms in total. The van der Waals surface area contributed by atoms with Crippen molar-refractivity contribution in [2.75, 3.05) is 7.11 Å². The third-order valence-electron chi connectivity index (χ3n) is 4.75. The molecule has 0 spiro atoms. The molecule has 1 amide bonds. The highest BCUT2D eigenvalue weighted by Gasteiger charge is 2.26. The molecule has 1 atom stereocenters. The Morgan fingerprint density at radius 2 is 2.11 bits per heavy atom. The lowest BCUT2D eigenvalue weighted by atomic mass is 9.98. The van der Waals surface area contributed by atoms with Crippen molar-refractivity contribution < 1.29 is 13.9 Å². The highest BCUT2D eigenvalue weighted by molar-refractivity contribution is 7.15. The Bertz CT molecular complexity index is 970. The Kier molecular flexibility index (Phi) is 5.34. The lowest BCUT2D eigenvalue weighted by molar-refractivity contribution is -0.121. The first kappa shape index (κ1) is 18.6. The maximum absolute atomic E-state index is 13.0. The number of aryl methyl sites for hydroxylation is 1. The Balaban J connectivity index is 1.49. The summed E-state index contributed by atoms with van der Waals surface area (Å²) in [7, 11) is 1.64. The molecule has 4 rings (SSSR count). The predicted octanol–water partition coefficient (Wildman–Crippen LogP) is 4.09. The number of carbonyl (C=O) groups excluding carboxylic acids is 1. The van der Waals surface area contributed by atoms with Gasteiger partial charge in [-0.1, -0.05) is 0 Å². The zero-order valence-electron chi connectivity index (χ0n) is 15.4. The highest BCUT2D eigenvalue weighted by atomic mass is 32.1. The Morgan fingerprint density at radius 3 is 2.82 bits per heavy atom. The lowest BCUT2D eigenvalue weighted by Gasteiger charge is -2.22. The van der Waals surface area contributed by atoms with E-state index in [0.717, 1.165) is 52.4 Å². The van der Waals surface area contributed by atoms with Crippen LogP contribution in [0.4, 0.5) is 4.39 Å². The minimum absolute atomic E-state index is 0.0406. The summed E-state index contributed by atoms with van der Waals surface area (Å²) in [5.41, 5.74) is 2.66. The van der Waals surface area contributed by atoms with Gasteiger partial charge in [0, 0.05) is 11.3 Å². The number of hydrogen-bond acceptors (Lipinski definition) is 5. The monoisotopic (exact) mass is 397 g/mol. The van der Waals surface area contributed by atoms with Gasteiger partial charge in [0.25, 0.3) is 0 Å². The number of fused-ring (bicyclic) bond motifs is 1. The van der Waals surface area contributed by atoms with Crippen molar-refractivity contribution in [3.63, 3.8) is 0 Å². The van der Waals surface area contributed by atoms with Crippen LogP contribution < -0.4 is 10.1 Å². The van der Waals surface area contributed by atoms with Gasteiger partial charge in [-0.25, -0.2) is 9.37 Å². The van der Waals surface area contributed by atoms with E-state index in [1.54, 1.807) is 18.4 Å². The molecule has 1 N–H and O–H groups in total. The SMILES string of the molecule is COc1ccc(-c2nc3c(s2)C(NC(=O)Cc2ccc(F)cn2)CCC3)cc1. The topological polar surface area (TPSA) is 64.1 Å². The average molecular weight is 397 g/mol. The molecule has 1 aromatic carbocycles. The Morgan fingerprint density at radius 1 is 1.29 bits per heavy atom. The number of benzene rings is 1. The third-order valence-corrected chi connectivity index (χ3v) is 6.01. The van der Waals surface area contributed by atoms with E-state index in [9.17, 15) is 9.18 Å². The van der Waals surface area contributed by atoms with Gasteiger partial charge in [-0.3, -0.25) is 9.78 Å². The van der Waals surface area contributed by atoms with Gasteiger partial charge >= 0.3 is 0 Å². The number of halogens is 1. The average Bonchev–Trinajstić information content (AvgIpc) is 3.15. The molecule has 0 fully saturated rings. The molecule has 7 heteroatoms. The van der Waals surface area contributed by atoms with E-state index in [-0.39, 0.29) is 18.4 Å². The van der Waals surface area contributed by atoms with Gasteiger partial charge in [0.1, 0.15) is 16.6 Å². The van der Waals surface area contributed by atoms with Crippen molar-refractivity contribution in [3.8, 4) is 16.3 Å². The minimum atomic E-state index is -0.406. The summed E-state index contributed by atoms with van der Waals surface area (Å²) < 4.78 is 18.2. The molecule has 0 radical (unpaired) electrons. The van der Waals surface area contributed by atoms with Crippen LogP contribution in [0, 0.1) is 5.82 Å². The van der Waals surface area contributed by atoms with E-state index in [2.05, 4.69) is 10.3 Å². The molecule has 1 aliphatic rings. The molecule has 2 aromatic heterocycles. The fraction of sp³-hybridized carbons (Fsp3) is 0.286. The maximum atomic E-state index is 13.0. The van der Waals surface area contributed by atoms with Gasteiger partial charge in [-0.15, -0.1) is 11.3 Å². The Labute approximate surface area is 166 Å². The zero-order valence-corrected chi connectivity index (χ0v) is 16.3. The minimum Gasteiger partial charge on any atom is -0.497 e. The van der Waals surface area contributed by atoms with Crippen LogP contribution in [-0.2, 0) is 17.6 Å². The number of ether oxygens (including phenoxy) is 1. The number of carbonyl (C=O) groups is 1. The van der Waals surface area contributed by atoms with E-state index in [1.165, 1.54) is 12.1 Å². The van der Waals surface area contributed by atoms with Crippen LogP contribution in [0.3, 0.4) is 0 Å². The van der Waals surface area contributed by atoms with E-state index in [0.29, 0.717) is 5.69 Å². The number of hydrogen-bond donors (Lipinski definition) is 1. The lowest BCUT2D eigenvalue weighted by Crippen LogP contribution is -2.31. The summed E-state index contributed by atoms with van der Waals surface area (Å²) >= 11 is 1.63. The summed E-state index contributed by atoms with van der Waals surface area (Å²) in [4.78, 5) is 22.3. The first-order chi connectivity index (χ1) is 13.6. The second kappa shape index (κ2) is 8.06. The largest absolute Gasteiger partial charge is 0.497 e. The van der Waals surface area contributed by atoms with E-state index in [4.69, 9.17) is 9.72 Å². The third kappa shape index (κ3) is 4.04. The zero-order chi connectivity index (χ0) is 19.5. The summed E-state index contributed by atoms with van der Waals surface area (Å²) in [6.45, 7) is 0. The van der Waals surface area contributed by atoms with Crippen LogP contribution in [0.5, 0.6) is 5.75 Å². The summed E-state index contributed by atoms with van der Waals surface area (Å²) in [6, 6.07) is 10.7. The van der Waals surface area contributed by atoms with Gasteiger partial charge in [-0.2, -0.15) is 0 Å². The maximum Gasteiger partial charge on any atom is 0.226 e. The van der Waals surface area contributed by atoms with Crippen LogP contribution in [0.25, 0.3) is 10.6 Å². The van der Waals surface area contributed by atoms with Crippen molar-refractivity contribution in [2.24, 2.45) is 0 Å². The quantitative estimate of drug-likeness (QED) is 0.704. The molecule has 0 saturated heterocycles. The fourth-order valence-corrected chi connectivity index (χ4v) is 4.54. The number of methoxy groups -OCH3 is 1. The van der Waals surface area contributed by atoms with Gasteiger partial charge in [0.15, 0.2) is 0 Å². The van der Waals surface area contributed by atoms with Crippen LogP contribution in [0.1, 0.15) is 35.1 Å². The molecular weight excluding hydrogens is 377 g/mol. The smallest absolute Gasteiger partial charge is 0.226 e. The van der Waals surface area contributed by atoms with Crippen molar-refractivity contribution in [1.29, 1.82) is 0 Å². The van der Waals surface area contributed by atoms with Gasteiger partial charge in [-0.05, 0) is 55.7 Å². The van der Waals surface area contributed by atoms with E-state index < -0.39 is 5.82 Å². The van der Waals surface area contributed by atoms with Crippen LogP contribution in [0.2, 0.25) is 0 Å². The summed E-state index contributed by atoms with van der Waals surface area (Å²) in [5, 5.41) is 4.05. The van der Waals surface area contributed by atoms with Crippen molar-refractivity contribution in [1.82, 2.24) is 15.3 Å². The molecule has 144 valence electrons. The first-order valence-electron chi connectivity index (χ1n) is 9.16. The van der Waals surface area contributed by atoms with Crippen LogP contribution >= 0.6 is 11.3 Å². The Hall–Kier alpha value is -2.80. The molecule has 0 aliphatic heterocycles. The molecule has 1 unspecified atom stereocenters. The van der Waals surface area contributed by atoms with Gasteiger partial charge in [0.2, 0.25) is 5.91 Å². The normalized spacial score (nSPS) is 15.7. The number of nitrogens with one attached hydrogen (secondary N) is 1. The van der Waals surface area contributed by atoms with Crippen LogP contribution in [0.15, 0.2) is 42.6 Å². The molecular formula is C21H20FN3O2S. The number of thiazole rings is 1. The van der Waals surface area contributed by atoms with Crippen molar-refractivity contribution in [3.05, 3.63) is 64.7 Å². The molecule has 3 aromatic rings. The second-order valence-electron chi connectivity index (χ2n) is 6.72. The number of pyridine rings is 1. The number of rotatable bonds is 5. The van der Waals surface area contributed by atoms with E-state index in [1.807, 2.05) is 24.3 Å². The summed E-state index contributed by atoms with van der Waals surface area (Å²) in [6.07, 6.45) is 4.06. The molecule has 0 saturated carbocycles. The second-order valence-corrected chi connectivity index (χ2v) is 7.75. The standard InChI is InChI=1S/C21H20FN3O2S/c1-27-16-9-5-13(6-10-16)21-25-18-4-2-3-17(20(18)28-21)24-19(26)11-15-8-7-14(22)12-23-15/h5-10,12,17H,2-4,11H2,1H3,(H,24,26). The van der Waals surface area contributed by atoms with Crippen molar-refractivity contribution in [2.45, 2.75) is 31.7 Å². The van der Waals surface area contributed by atoms with Gasteiger partial charge in [0.05, 0.1) is 36.3 Å². The first-order valence-corrected chi connectivity index (χ1v) is 9.98. The molecule has 1 aliphatic carbocycles. The van der Waals surface area contributed by atoms with E-state index >= 15 is 0 Å². The molecule has 2 heterocycles. The number of amides is 1. The van der Waals surface area contributed by atoms with Gasteiger partial charge < -0.3 is 10.1 Å². The molecule has 28 heavy (non-hydrogen) atoms. The predicted molar refractivity (Wildman–Crippen MR) is 106 cm³/mol.